The van der Waals surface area contributed by atoms with Crippen LogP contribution in [-0.2, 0) is 27.9 Å². The molecule has 4 aliphatic rings. The highest BCUT2D eigenvalue weighted by molar-refractivity contribution is 7.54. The van der Waals surface area contributed by atoms with Gasteiger partial charge < -0.3 is 18.5 Å². The first-order chi connectivity index (χ1) is 11.6. The normalized spacial score (nSPS) is 44.6. The molecule has 0 aromatic carbocycles. The predicted molar refractivity (Wildman–Crippen MR) is 91.3 cm³/mol. The first-order valence-electron chi connectivity index (χ1n) is 8.92. The lowest BCUT2D eigenvalue weighted by Gasteiger charge is -2.45. The van der Waals surface area contributed by atoms with Crippen molar-refractivity contribution < 1.29 is 27.9 Å². The third-order valence-corrected chi connectivity index (χ3v) is 9.47. The molecule has 7 heteroatoms. The monoisotopic (exact) mass is 370 g/mol. The molecule has 0 N–H and O–H groups in total. The standard InChI is InChI=1S/C18H27O6P/c1-16(2)12-6-7-17(16,3)18(9-12)23-14-11(8-13(19)15(14)24-18)10-25(20,21-4)22-5/h8,12,14-15H,6-7,9-10H2,1-5H3/t12-,14+,15-,17-,18+/m1/s1. The fourth-order valence-electron chi connectivity index (χ4n) is 5.49. The van der Waals surface area contributed by atoms with Crippen LogP contribution in [0.15, 0.2) is 11.6 Å². The van der Waals surface area contributed by atoms with Crippen molar-refractivity contribution in [2.75, 3.05) is 20.4 Å². The first kappa shape index (κ1) is 17.9. The SMILES string of the molecule is COP(=O)(CC1=CC(=O)[C@H]2O[C@]3(C[C@H]4CC[C@]3(C)C4(C)C)O[C@@H]12)OC. The van der Waals surface area contributed by atoms with E-state index in [1.807, 2.05) is 0 Å². The van der Waals surface area contributed by atoms with Crippen molar-refractivity contribution in [2.45, 2.75) is 58.0 Å². The second-order valence-electron chi connectivity index (χ2n) is 8.58. The summed E-state index contributed by atoms with van der Waals surface area (Å²) in [4.78, 5) is 12.5. The summed E-state index contributed by atoms with van der Waals surface area (Å²) >= 11 is 0. The molecule has 1 spiro atoms. The molecule has 0 radical (unpaired) electrons. The Labute approximate surface area is 148 Å². The smallest absolute Gasteiger partial charge is 0.334 e. The number of ketones is 1. The van der Waals surface area contributed by atoms with Gasteiger partial charge in [0.1, 0.15) is 6.10 Å². The van der Waals surface area contributed by atoms with Crippen LogP contribution < -0.4 is 0 Å². The Morgan fingerprint density at radius 2 is 1.84 bits per heavy atom. The molecular formula is C18H27O6P. The highest BCUT2D eigenvalue weighted by Crippen LogP contribution is 2.73. The number of fused-ring (bicyclic) bond motifs is 4. The summed E-state index contributed by atoms with van der Waals surface area (Å²) < 4.78 is 35.4. The quantitative estimate of drug-likeness (QED) is 0.707. The molecule has 140 valence electrons. The van der Waals surface area contributed by atoms with E-state index in [0.717, 1.165) is 12.8 Å². The summed E-state index contributed by atoms with van der Waals surface area (Å²) in [7, 11) is -0.555. The molecule has 0 aromatic rings. The number of hydrogen-bond acceptors (Lipinski definition) is 6. The lowest BCUT2D eigenvalue weighted by molar-refractivity contribution is -0.248. The minimum absolute atomic E-state index is 0.0515. The Balaban J connectivity index is 1.63. The number of carbonyl (C=O) groups is 1. The van der Waals surface area contributed by atoms with Crippen molar-refractivity contribution in [1.82, 2.24) is 0 Å². The maximum absolute atomic E-state index is 12.5. The van der Waals surface area contributed by atoms with Gasteiger partial charge in [-0.2, -0.15) is 0 Å². The van der Waals surface area contributed by atoms with Gasteiger partial charge in [-0.15, -0.1) is 0 Å². The van der Waals surface area contributed by atoms with E-state index in [-0.39, 0.29) is 22.8 Å². The fraction of sp³-hybridized carbons (Fsp3) is 0.833. The Morgan fingerprint density at radius 1 is 1.20 bits per heavy atom. The molecule has 1 saturated heterocycles. The summed E-state index contributed by atoms with van der Waals surface area (Å²) in [6, 6.07) is 0. The molecule has 3 aliphatic carbocycles. The molecule has 5 atom stereocenters. The molecule has 3 fully saturated rings. The minimum Gasteiger partial charge on any atom is -0.338 e. The molecule has 6 nitrogen and oxygen atoms in total. The minimum atomic E-state index is -3.26. The van der Waals surface area contributed by atoms with Crippen LogP contribution in [0.2, 0.25) is 0 Å². The average Bonchev–Trinajstić information content (AvgIpc) is 3.19. The second kappa shape index (κ2) is 5.26. The van der Waals surface area contributed by atoms with Gasteiger partial charge in [0.2, 0.25) is 0 Å². The van der Waals surface area contributed by atoms with Crippen LogP contribution in [-0.4, -0.2) is 44.2 Å². The van der Waals surface area contributed by atoms with Crippen LogP contribution in [0, 0.1) is 16.7 Å². The summed E-state index contributed by atoms with van der Waals surface area (Å²) in [6.45, 7) is 6.79. The first-order valence-corrected chi connectivity index (χ1v) is 10.6. The number of carbonyl (C=O) groups excluding carboxylic acids is 1. The molecule has 0 unspecified atom stereocenters. The van der Waals surface area contributed by atoms with Gasteiger partial charge in [0.05, 0.1) is 6.16 Å². The molecule has 0 aromatic heterocycles. The van der Waals surface area contributed by atoms with E-state index in [9.17, 15) is 9.36 Å². The lowest BCUT2D eigenvalue weighted by atomic mass is 9.68. The fourth-order valence-corrected chi connectivity index (χ4v) is 6.62. The molecule has 1 aliphatic heterocycles. The van der Waals surface area contributed by atoms with Crippen molar-refractivity contribution in [3.8, 4) is 0 Å². The molecule has 0 amide bonds. The number of rotatable bonds is 4. The van der Waals surface area contributed by atoms with Gasteiger partial charge in [0.15, 0.2) is 17.7 Å². The highest BCUT2D eigenvalue weighted by Gasteiger charge is 2.74. The Bertz CT molecular complexity index is 692. The Hall–Kier alpha value is -0.520. The van der Waals surface area contributed by atoms with E-state index in [0.29, 0.717) is 11.5 Å². The summed E-state index contributed by atoms with van der Waals surface area (Å²) in [6.07, 6.45) is 3.44. The summed E-state index contributed by atoms with van der Waals surface area (Å²) in [5.41, 5.74) is 0.627. The van der Waals surface area contributed by atoms with Gasteiger partial charge >= 0.3 is 7.60 Å². The largest absolute Gasteiger partial charge is 0.338 e. The zero-order valence-corrected chi connectivity index (χ0v) is 16.4. The lowest BCUT2D eigenvalue weighted by Crippen LogP contribution is -2.49. The Morgan fingerprint density at radius 3 is 2.36 bits per heavy atom. The molecular weight excluding hydrogens is 343 g/mol. The van der Waals surface area contributed by atoms with Crippen LogP contribution in [0.1, 0.15) is 40.0 Å². The molecule has 1 heterocycles. The van der Waals surface area contributed by atoms with Crippen molar-refractivity contribution in [3.63, 3.8) is 0 Å². The van der Waals surface area contributed by atoms with Gasteiger partial charge in [-0.3, -0.25) is 9.36 Å². The van der Waals surface area contributed by atoms with Crippen LogP contribution in [0.3, 0.4) is 0 Å². The third kappa shape index (κ3) is 2.12. The Kier molecular flexibility index (Phi) is 3.76. The van der Waals surface area contributed by atoms with E-state index in [1.54, 1.807) is 0 Å². The average molecular weight is 370 g/mol. The third-order valence-electron chi connectivity index (χ3n) is 7.61. The second-order valence-corrected chi connectivity index (χ2v) is 10.8. The zero-order chi connectivity index (χ0) is 18.3. The van der Waals surface area contributed by atoms with Crippen molar-refractivity contribution in [3.05, 3.63) is 11.6 Å². The van der Waals surface area contributed by atoms with Gasteiger partial charge in [0, 0.05) is 26.1 Å². The van der Waals surface area contributed by atoms with E-state index in [4.69, 9.17) is 18.5 Å². The van der Waals surface area contributed by atoms with Gasteiger partial charge in [0.25, 0.3) is 0 Å². The van der Waals surface area contributed by atoms with Crippen molar-refractivity contribution in [1.29, 1.82) is 0 Å². The van der Waals surface area contributed by atoms with Crippen molar-refractivity contribution >= 4 is 13.4 Å². The van der Waals surface area contributed by atoms with Gasteiger partial charge in [-0.25, -0.2) is 0 Å². The van der Waals surface area contributed by atoms with E-state index < -0.39 is 25.6 Å². The number of hydrogen-bond donors (Lipinski definition) is 0. The van der Waals surface area contributed by atoms with E-state index >= 15 is 0 Å². The van der Waals surface area contributed by atoms with Crippen LogP contribution in [0.4, 0.5) is 0 Å². The molecule has 4 rings (SSSR count). The van der Waals surface area contributed by atoms with Crippen LogP contribution in [0.25, 0.3) is 0 Å². The summed E-state index contributed by atoms with van der Waals surface area (Å²) in [5.74, 6) is -0.309. The van der Waals surface area contributed by atoms with Crippen LogP contribution in [0.5, 0.6) is 0 Å². The topological polar surface area (TPSA) is 71.1 Å². The number of ether oxygens (including phenoxy) is 2. The maximum atomic E-state index is 12.5. The van der Waals surface area contributed by atoms with Crippen molar-refractivity contribution in [2.24, 2.45) is 16.7 Å². The van der Waals surface area contributed by atoms with E-state index in [2.05, 4.69) is 20.8 Å². The zero-order valence-electron chi connectivity index (χ0n) is 15.5. The highest BCUT2D eigenvalue weighted by atomic mass is 31.2. The van der Waals surface area contributed by atoms with E-state index in [1.165, 1.54) is 26.7 Å². The molecule has 25 heavy (non-hydrogen) atoms. The maximum Gasteiger partial charge on any atom is 0.334 e. The molecule has 2 saturated carbocycles. The van der Waals surface area contributed by atoms with Crippen LogP contribution >= 0.6 is 7.60 Å². The summed E-state index contributed by atoms with van der Waals surface area (Å²) in [5, 5.41) is 0. The van der Waals surface area contributed by atoms with Gasteiger partial charge in [-0.05, 0) is 35.8 Å². The van der Waals surface area contributed by atoms with Gasteiger partial charge in [-0.1, -0.05) is 20.8 Å². The molecule has 2 bridgehead atoms. The predicted octanol–water partition coefficient (Wildman–Crippen LogP) is 3.31.